The lowest BCUT2D eigenvalue weighted by Crippen LogP contribution is -2.30. The maximum Gasteiger partial charge on any atom is 0.220 e. The van der Waals surface area contributed by atoms with Crippen LogP contribution in [0.3, 0.4) is 0 Å². The van der Waals surface area contributed by atoms with Gasteiger partial charge in [0.25, 0.3) is 0 Å². The van der Waals surface area contributed by atoms with Gasteiger partial charge in [-0.15, -0.1) is 0 Å². The molecular formula is C37H28N3+. The smallest absolute Gasteiger partial charge is 0.220 e. The SMILES string of the molecule is Cc1cc(-c2c3ccc4cc(-n5c6ccccc6c6cccnc65)ccc4c3cc[n+]2C)c(C)c2ccccc12. The Bertz CT molecular complexity index is 2250. The standard InChI is InChI=1S/C37H28N3/c1-23-21-34(24(2)28-10-5-4-9-27(23)28)36-32-16-14-25-22-26(15-17-29(25)30(32)18-20-39(36)3)40-35-13-7-6-11-31(35)33-12-8-19-38-37(33)40/h4-22H,1-3H3/q+1. The Hall–Kier alpha value is -5.02. The number of nitrogens with zero attached hydrogens (tertiary/aromatic N) is 3. The molecule has 40 heavy (non-hydrogen) atoms. The first-order valence-corrected chi connectivity index (χ1v) is 13.8. The van der Waals surface area contributed by atoms with E-state index in [2.05, 4.69) is 133 Å². The highest BCUT2D eigenvalue weighted by molar-refractivity contribution is 6.12. The van der Waals surface area contributed by atoms with Gasteiger partial charge in [-0.05, 0) is 89.0 Å². The Morgan fingerprint density at radius 2 is 1.38 bits per heavy atom. The highest BCUT2D eigenvalue weighted by atomic mass is 15.0. The number of rotatable bonds is 2. The van der Waals surface area contributed by atoms with Gasteiger partial charge in [-0.1, -0.05) is 54.6 Å². The average molecular weight is 515 g/mol. The minimum atomic E-state index is 0.986. The van der Waals surface area contributed by atoms with E-state index in [0.29, 0.717) is 0 Å². The van der Waals surface area contributed by atoms with Crippen LogP contribution >= 0.6 is 0 Å². The lowest BCUT2D eigenvalue weighted by molar-refractivity contribution is -0.659. The van der Waals surface area contributed by atoms with E-state index in [1.54, 1.807) is 0 Å². The van der Waals surface area contributed by atoms with E-state index in [1.165, 1.54) is 71.0 Å². The first-order chi connectivity index (χ1) is 19.6. The van der Waals surface area contributed by atoms with E-state index in [4.69, 9.17) is 4.98 Å². The molecule has 3 heteroatoms. The van der Waals surface area contributed by atoms with E-state index in [1.807, 2.05) is 12.3 Å². The van der Waals surface area contributed by atoms with Crippen LogP contribution in [0.1, 0.15) is 11.1 Å². The molecule has 3 aromatic heterocycles. The summed E-state index contributed by atoms with van der Waals surface area (Å²) in [6, 6.07) is 37.5. The molecule has 0 saturated heterocycles. The van der Waals surface area contributed by atoms with Gasteiger partial charge in [-0.3, -0.25) is 4.57 Å². The monoisotopic (exact) mass is 514 g/mol. The lowest BCUT2D eigenvalue weighted by Gasteiger charge is -2.14. The normalized spacial score (nSPS) is 11.9. The predicted molar refractivity (Wildman–Crippen MR) is 167 cm³/mol. The molecule has 0 aliphatic rings. The summed E-state index contributed by atoms with van der Waals surface area (Å²) in [6.45, 7) is 4.47. The van der Waals surface area contributed by atoms with Gasteiger partial charge in [-0.25, -0.2) is 9.55 Å². The topological polar surface area (TPSA) is 21.7 Å². The molecule has 0 saturated carbocycles. The van der Waals surface area contributed by atoms with Crippen LogP contribution in [0, 0.1) is 13.8 Å². The van der Waals surface area contributed by atoms with E-state index in [-0.39, 0.29) is 0 Å². The van der Waals surface area contributed by atoms with Crippen LogP contribution in [-0.2, 0) is 7.05 Å². The number of hydrogen-bond donors (Lipinski definition) is 0. The number of hydrogen-bond acceptors (Lipinski definition) is 1. The zero-order chi connectivity index (χ0) is 27.0. The molecule has 0 amide bonds. The second-order valence-corrected chi connectivity index (χ2v) is 10.8. The minimum absolute atomic E-state index is 0.986. The fourth-order valence-corrected chi connectivity index (χ4v) is 6.66. The summed E-state index contributed by atoms with van der Waals surface area (Å²) in [4.78, 5) is 4.78. The summed E-state index contributed by atoms with van der Waals surface area (Å²) >= 11 is 0. The number of fused-ring (bicyclic) bond motifs is 7. The van der Waals surface area contributed by atoms with Crippen LogP contribution in [0.4, 0.5) is 0 Å². The first-order valence-electron chi connectivity index (χ1n) is 13.8. The fraction of sp³-hybridized carbons (Fsp3) is 0.0811. The van der Waals surface area contributed by atoms with Crippen molar-refractivity contribution in [3.8, 4) is 16.9 Å². The highest BCUT2D eigenvalue weighted by Gasteiger charge is 2.21. The molecule has 8 aromatic rings. The van der Waals surface area contributed by atoms with E-state index < -0.39 is 0 Å². The Balaban J connectivity index is 1.38. The Labute approximate surface area is 232 Å². The molecular weight excluding hydrogens is 486 g/mol. The van der Waals surface area contributed by atoms with Crippen molar-refractivity contribution in [3.05, 3.63) is 127 Å². The lowest BCUT2D eigenvalue weighted by atomic mass is 9.91. The van der Waals surface area contributed by atoms with E-state index in [9.17, 15) is 0 Å². The van der Waals surface area contributed by atoms with Crippen molar-refractivity contribution in [3.63, 3.8) is 0 Å². The van der Waals surface area contributed by atoms with Gasteiger partial charge in [0.1, 0.15) is 12.7 Å². The summed E-state index contributed by atoms with van der Waals surface area (Å²) in [5, 5.41) is 10.1. The maximum atomic E-state index is 4.78. The molecule has 0 bridgehead atoms. The second kappa shape index (κ2) is 8.49. The molecule has 0 atom stereocenters. The molecule has 0 aliphatic heterocycles. The summed E-state index contributed by atoms with van der Waals surface area (Å²) < 4.78 is 4.55. The summed E-state index contributed by atoms with van der Waals surface area (Å²) in [6.07, 6.45) is 4.08. The quantitative estimate of drug-likeness (QED) is 0.167. The molecule has 0 radical (unpaired) electrons. The van der Waals surface area contributed by atoms with Crippen LogP contribution in [0.5, 0.6) is 0 Å². The van der Waals surface area contributed by atoms with Crippen molar-refractivity contribution in [2.45, 2.75) is 13.8 Å². The van der Waals surface area contributed by atoms with Gasteiger partial charge in [0, 0.05) is 34.1 Å². The second-order valence-electron chi connectivity index (χ2n) is 10.8. The van der Waals surface area contributed by atoms with Crippen LogP contribution in [-0.4, -0.2) is 9.55 Å². The van der Waals surface area contributed by atoms with Crippen LogP contribution < -0.4 is 4.57 Å². The molecule has 3 heterocycles. The molecule has 8 rings (SSSR count). The summed E-state index contributed by atoms with van der Waals surface area (Å²) in [5.74, 6) is 0. The van der Waals surface area contributed by atoms with Crippen molar-refractivity contribution in [2.75, 3.05) is 0 Å². The van der Waals surface area contributed by atoms with Gasteiger partial charge < -0.3 is 0 Å². The van der Waals surface area contributed by atoms with Gasteiger partial charge in [0.2, 0.25) is 5.69 Å². The van der Waals surface area contributed by atoms with Crippen LogP contribution in [0.25, 0.3) is 71.2 Å². The third-order valence-electron chi connectivity index (χ3n) is 8.59. The number of pyridine rings is 2. The van der Waals surface area contributed by atoms with E-state index in [0.717, 1.165) is 11.3 Å². The molecule has 190 valence electrons. The fourth-order valence-electron chi connectivity index (χ4n) is 6.66. The molecule has 0 N–H and O–H groups in total. The molecule has 0 aliphatic carbocycles. The molecule has 0 unspecified atom stereocenters. The third-order valence-corrected chi connectivity index (χ3v) is 8.59. The molecule has 3 nitrogen and oxygen atoms in total. The van der Waals surface area contributed by atoms with Gasteiger partial charge in [0.05, 0.1) is 16.5 Å². The Morgan fingerprint density at radius 3 is 2.25 bits per heavy atom. The van der Waals surface area contributed by atoms with Crippen molar-refractivity contribution in [2.24, 2.45) is 7.05 Å². The first kappa shape index (κ1) is 22.9. The maximum absolute atomic E-state index is 4.78. The van der Waals surface area contributed by atoms with Crippen LogP contribution in [0.2, 0.25) is 0 Å². The average Bonchev–Trinajstić information content (AvgIpc) is 3.33. The molecule has 0 spiro atoms. The highest BCUT2D eigenvalue weighted by Crippen LogP contribution is 2.37. The number of aromatic nitrogens is 3. The zero-order valence-electron chi connectivity index (χ0n) is 22.8. The zero-order valence-corrected chi connectivity index (χ0v) is 22.8. The number of aryl methyl sites for hydroxylation is 3. The van der Waals surface area contributed by atoms with Crippen molar-refractivity contribution >= 4 is 54.3 Å². The molecule has 5 aromatic carbocycles. The summed E-state index contributed by atoms with van der Waals surface area (Å²) in [5.41, 5.74) is 8.45. The summed E-state index contributed by atoms with van der Waals surface area (Å²) in [7, 11) is 2.15. The minimum Gasteiger partial charge on any atom is -0.294 e. The van der Waals surface area contributed by atoms with Crippen molar-refractivity contribution < 1.29 is 4.57 Å². The van der Waals surface area contributed by atoms with Gasteiger partial charge >= 0.3 is 0 Å². The molecule has 0 fully saturated rings. The van der Waals surface area contributed by atoms with E-state index >= 15 is 0 Å². The predicted octanol–water partition coefficient (Wildman–Crippen LogP) is 8.75. The van der Waals surface area contributed by atoms with Crippen LogP contribution in [0.15, 0.2) is 116 Å². The van der Waals surface area contributed by atoms with Crippen molar-refractivity contribution in [1.29, 1.82) is 0 Å². The van der Waals surface area contributed by atoms with Crippen molar-refractivity contribution in [1.82, 2.24) is 9.55 Å². The largest absolute Gasteiger partial charge is 0.294 e. The third kappa shape index (κ3) is 3.18. The van der Waals surface area contributed by atoms with Gasteiger partial charge in [0.15, 0.2) is 6.20 Å². The van der Waals surface area contributed by atoms with Gasteiger partial charge in [-0.2, -0.15) is 0 Å². The number of benzene rings is 5. The number of para-hydroxylation sites is 1. The Morgan fingerprint density at radius 1 is 0.625 bits per heavy atom. The Kier molecular flexibility index (Phi) is 4.86.